The van der Waals surface area contributed by atoms with Gasteiger partial charge < -0.3 is 5.32 Å². The SMILES string of the molecule is CCc1ccc(CC(=O)NCCC(C)C)cc1. The number of carbonyl (C=O) groups is 1. The van der Waals surface area contributed by atoms with Crippen LogP contribution >= 0.6 is 0 Å². The predicted octanol–water partition coefficient (Wildman–Crippen LogP) is 2.95. The number of hydrogen-bond donors (Lipinski definition) is 1. The number of hydrogen-bond acceptors (Lipinski definition) is 1. The molecule has 0 unspecified atom stereocenters. The van der Waals surface area contributed by atoms with Gasteiger partial charge in [0.25, 0.3) is 0 Å². The van der Waals surface area contributed by atoms with Gasteiger partial charge in [-0.25, -0.2) is 0 Å². The molecule has 0 saturated heterocycles. The Labute approximate surface area is 104 Å². The van der Waals surface area contributed by atoms with Gasteiger partial charge in [0, 0.05) is 6.54 Å². The van der Waals surface area contributed by atoms with Gasteiger partial charge >= 0.3 is 0 Å². The van der Waals surface area contributed by atoms with Crippen LogP contribution in [0.5, 0.6) is 0 Å². The maximum absolute atomic E-state index is 11.6. The zero-order valence-electron chi connectivity index (χ0n) is 11.1. The standard InChI is InChI=1S/C15H23NO/c1-4-13-5-7-14(8-6-13)11-15(17)16-10-9-12(2)3/h5-8,12H,4,9-11H2,1-3H3,(H,16,17). The summed E-state index contributed by atoms with van der Waals surface area (Å²) in [5.74, 6) is 0.758. The smallest absolute Gasteiger partial charge is 0.224 e. The average molecular weight is 233 g/mol. The summed E-state index contributed by atoms with van der Waals surface area (Å²) in [5, 5.41) is 2.95. The quantitative estimate of drug-likeness (QED) is 0.804. The van der Waals surface area contributed by atoms with Gasteiger partial charge in [-0.2, -0.15) is 0 Å². The largest absolute Gasteiger partial charge is 0.356 e. The Morgan fingerprint density at radius 3 is 2.29 bits per heavy atom. The Morgan fingerprint density at radius 2 is 1.76 bits per heavy atom. The topological polar surface area (TPSA) is 29.1 Å². The molecule has 0 spiro atoms. The van der Waals surface area contributed by atoms with E-state index in [9.17, 15) is 4.79 Å². The second kappa shape index (κ2) is 7.10. The van der Waals surface area contributed by atoms with Crippen LogP contribution in [0.4, 0.5) is 0 Å². The molecule has 1 N–H and O–H groups in total. The summed E-state index contributed by atoms with van der Waals surface area (Å²) in [5.41, 5.74) is 2.40. The highest BCUT2D eigenvalue weighted by atomic mass is 16.1. The zero-order chi connectivity index (χ0) is 12.7. The molecule has 0 bridgehead atoms. The van der Waals surface area contributed by atoms with E-state index in [2.05, 4.69) is 38.2 Å². The van der Waals surface area contributed by atoms with Gasteiger partial charge in [-0.05, 0) is 29.9 Å². The summed E-state index contributed by atoms with van der Waals surface area (Å²) >= 11 is 0. The van der Waals surface area contributed by atoms with Crippen LogP contribution in [-0.4, -0.2) is 12.5 Å². The van der Waals surface area contributed by atoms with Gasteiger partial charge in [-0.3, -0.25) is 4.79 Å². The maximum Gasteiger partial charge on any atom is 0.224 e. The molecular weight excluding hydrogens is 210 g/mol. The third-order valence-corrected chi connectivity index (χ3v) is 2.84. The Morgan fingerprint density at radius 1 is 1.18 bits per heavy atom. The van der Waals surface area contributed by atoms with E-state index >= 15 is 0 Å². The molecule has 2 nitrogen and oxygen atoms in total. The van der Waals surface area contributed by atoms with E-state index < -0.39 is 0 Å². The molecule has 0 fully saturated rings. The van der Waals surface area contributed by atoms with E-state index in [0.29, 0.717) is 12.3 Å². The van der Waals surface area contributed by atoms with Crippen molar-refractivity contribution in [3.63, 3.8) is 0 Å². The van der Waals surface area contributed by atoms with E-state index in [-0.39, 0.29) is 5.91 Å². The second-order valence-electron chi connectivity index (χ2n) is 4.88. The first kappa shape index (κ1) is 13.8. The van der Waals surface area contributed by atoms with Gasteiger partial charge in [0.2, 0.25) is 5.91 Å². The minimum atomic E-state index is 0.120. The van der Waals surface area contributed by atoms with Crippen molar-refractivity contribution in [2.24, 2.45) is 5.92 Å². The van der Waals surface area contributed by atoms with Crippen LogP contribution in [0.15, 0.2) is 24.3 Å². The van der Waals surface area contributed by atoms with Crippen molar-refractivity contribution >= 4 is 5.91 Å². The van der Waals surface area contributed by atoms with Crippen molar-refractivity contribution < 1.29 is 4.79 Å². The molecule has 1 amide bonds. The number of carbonyl (C=O) groups excluding carboxylic acids is 1. The molecule has 17 heavy (non-hydrogen) atoms. The van der Waals surface area contributed by atoms with E-state index in [1.54, 1.807) is 0 Å². The average Bonchev–Trinajstić information content (AvgIpc) is 2.29. The minimum absolute atomic E-state index is 0.120. The Balaban J connectivity index is 2.34. The van der Waals surface area contributed by atoms with Gasteiger partial charge in [0.1, 0.15) is 0 Å². The molecule has 0 aliphatic heterocycles. The van der Waals surface area contributed by atoms with E-state index in [0.717, 1.165) is 24.9 Å². The summed E-state index contributed by atoms with van der Waals surface area (Å²) < 4.78 is 0. The minimum Gasteiger partial charge on any atom is -0.356 e. The highest BCUT2D eigenvalue weighted by Gasteiger charge is 2.03. The fraction of sp³-hybridized carbons (Fsp3) is 0.533. The molecule has 1 aromatic rings. The number of rotatable bonds is 6. The van der Waals surface area contributed by atoms with Crippen LogP contribution in [-0.2, 0) is 17.6 Å². The third-order valence-electron chi connectivity index (χ3n) is 2.84. The highest BCUT2D eigenvalue weighted by Crippen LogP contribution is 2.05. The molecule has 0 radical (unpaired) electrons. The Bertz CT molecular complexity index is 340. The van der Waals surface area contributed by atoms with Gasteiger partial charge in [0.15, 0.2) is 0 Å². The Hall–Kier alpha value is -1.31. The first-order valence-corrected chi connectivity index (χ1v) is 6.46. The molecule has 1 aromatic carbocycles. The fourth-order valence-corrected chi connectivity index (χ4v) is 1.64. The van der Waals surface area contributed by atoms with Crippen LogP contribution in [0.1, 0.15) is 38.3 Å². The summed E-state index contributed by atoms with van der Waals surface area (Å²) in [6, 6.07) is 8.27. The monoisotopic (exact) mass is 233 g/mol. The lowest BCUT2D eigenvalue weighted by molar-refractivity contribution is -0.120. The van der Waals surface area contributed by atoms with Crippen molar-refractivity contribution in [3.8, 4) is 0 Å². The number of benzene rings is 1. The molecule has 0 aliphatic carbocycles. The van der Waals surface area contributed by atoms with E-state index in [4.69, 9.17) is 0 Å². The summed E-state index contributed by atoms with van der Waals surface area (Å²) in [7, 11) is 0. The van der Waals surface area contributed by atoms with E-state index in [1.165, 1.54) is 5.56 Å². The second-order valence-corrected chi connectivity index (χ2v) is 4.88. The molecule has 2 heteroatoms. The predicted molar refractivity (Wildman–Crippen MR) is 72.0 cm³/mol. The van der Waals surface area contributed by atoms with Gasteiger partial charge in [-0.15, -0.1) is 0 Å². The lowest BCUT2D eigenvalue weighted by Gasteiger charge is -2.07. The summed E-state index contributed by atoms with van der Waals surface area (Å²) in [6.07, 6.45) is 2.57. The molecule has 0 heterocycles. The van der Waals surface area contributed by atoms with Crippen molar-refractivity contribution in [3.05, 3.63) is 35.4 Å². The van der Waals surface area contributed by atoms with Crippen LogP contribution in [0.2, 0.25) is 0 Å². The lowest BCUT2D eigenvalue weighted by atomic mass is 10.1. The number of nitrogens with one attached hydrogen (secondary N) is 1. The zero-order valence-corrected chi connectivity index (χ0v) is 11.1. The molecule has 94 valence electrons. The van der Waals surface area contributed by atoms with Gasteiger partial charge in [0.05, 0.1) is 6.42 Å². The Kier molecular flexibility index (Phi) is 5.75. The molecule has 0 atom stereocenters. The number of amides is 1. The first-order chi connectivity index (χ1) is 8.11. The molecule has 0 aromatic heterocycles. The van der Waals surface area contributed by atoms with Crippen molar-refractivity contribution in [2.45, 2.75) is 40.0 Å². The molecule has 1 rings (SSSR count). The van der Waals surface area contributed by atoms with Crippen LogP contribution in [0.25, 0.3) is 0 Å². The van der Waals surface area contributed by atoms with E-state index in [1.807, 2.05) is 12.1 Å². The van der Waals surface area contributed by atoms with Crippen molar-refractivity contribution in [2.75, 3.05) is 6.54 Å². The summed E-state index contributed by atoms with van der Waals surface area (Å²) in [4.78, 5) is 11.6. The third kappa shape index (κ3) is 5.53. The summed E-state index contributed by atoms with van der Waals surface area (Å²) in [6.45, 7) is 7.24. The number of aryl methyl sites for hydroxylation is 1. The van der Waals surface area contributed by atoms with Crippen molar-refractivity contribution in [1.29, 1.82) is 0 Å². The molecule has 0 saturated carbocycles. The first-order valence-electron chi connectivity index (χ1n) is 6.46. The molecular formula is C15H23NO. The van der Waals surface area contributed by atoms with Crippen LogP contribution < -0.4 is 5.32 Å². The van der Waals surface area contributed by atoms with Crippen LogP contribution in [0, 0.1) is 5.92 Å². The normalized spacial score (nSPS) is 10.6. The fourth-order valence-electron chi connectivity index (χ4n) is 1.64. The molecule has 0 aliphatic rings. The van der Waals surface area contributed by atoms with Crippen molar-refractivity contribution in [1.82, 2.24) is 5.32 Å². The lowest BCUT2D eigenvalue weighted by Crippen LogP contribution is -2.26. The highest BCUT2D eigenvalue weighted by molar-refractivity contribution is 5.78. The van der Waals surface area contributed by atoms with Gasteiger partial charge in [-0.1, -0.05) is 45.0 Å². The van der Waals surface area contributed by atoms with Crippen LogP contribution in [0.3, 0.4) is 0 Å². The maximum atomic E-state index is 11.6.